The summed E-state index contributed by atoms with van der Waals surface area (Å²) in [5.41, 5.74) is 4.82. The summed E-state index contributed by atoms with van der Waals surface area (Å²) in [6.07, 6.45) is 4.16. The Labute approximate surface area is 158 Å². The Morgan fingerprint density at radius 1 is 1.27 bits per heavy atom. The molecule has 0 bridgehead atoms. The lowest BCUT2D eigenvalue weighted by Gasteiger charge is -2.26. The van der Waals surface area contributed by atoms with Gasteiger partial charge in [-0.3, -0.25) is 0 Å². The SMILES string of the molecule is Cc1cc(Cl)cc(-c2ccnc3nc(C)n(C)c23)c1O[C@H]1CCCNC1. The number of benzene rings is 1. The van der Waals surface area contributed by atoms with E-state index in [2.05, 4.69) is 19.9 Å². The molecule has 4 rings (SSSR count). The maximum atomic E-state index is 6.45. The van der Waals surface area contributed by atoms with Crippen LogP contribution in [-0.2, 0) is 7.05 Å². The van der Waals surface area contributed by atoms with Crippen LogP contribution in [0.1, 0.15) is 24.2 Å². The molecule has 1 saturated heterocycles. The number of nitrogens with one attached hydrogen (secondary N) is 1. The highest BCUT2D eigenvalue weighted by Crippen LogP contribution is 2.39. The second-order valence-electron chi connectivity index (χ2n) is 6.93. The van der Waals surface area contributed by atoms with Crippen molar-refractivity contribution in [1.29, 1.82) is 0 Å². The van der Waals surface area contributed by atoms with Gasteiger partial charge in [0.1, 0.15) is 17.7 Å². The van der Waals surface area contributed by atoms with Gasteiger partial charge in [-0.25, -0.2) is 9.97 Å². The lowest BCUT2D eigenvalue weighted by Crippen LogP contribution is -2.37. The molecule has 0 radical (unpaired) electrons. The van der Waals surface area contributed by atoms with Crippen molar-refractivity contribution in [2.75, 3.05) is 13.1 Å². The monoisotopic (exact) mass is 370 g/mol. The van der Waals surface area contributed by atoms with Crippen LogP contribution < -0.4 is 10.1 Å². The first-order chi connectivity index (χ1) is 12.5. The number of halogens is 1. The van der Waals surface area contributed by atoms with Gasteiger partial charge in [0.15, 0.2) is 5.65 Å². The normalized spacial score (nSPS) is 17.6. The van der Waals surface area contributed by atoms with Gasteiger partial charge in [0, 0.05) is 35.9 Å². The Morgan fingerprint density at radius 3 is 2.88 bits per heavy atom. The number of ether oxygens (including phenoxy) is 1. The number of fused-ring (bicyclic) bond motifs is 1. The van der Waals surface area contributed by atoms with E-state index in [-0.39, 0.29) is 6.10 Å². The molecule has 0 unspecified atom stereocenters. The first kappa shape index (κ1) is 17.3. The molecule has 1 N–H and O–H groups in total. The molecule has 0 amide bonds. The first-order valence-corrected chi connectivity index (χ1v) is 9.38. The fourth-order valence-electron chi connectivity index (χ4n) is 3.64. The summed E-state index contributed by atoms with van der Waals surface area (Å²) >= 11 is 6.40. The lowest BCUT2D eigenvalue weighted by atomic mass is 10.0. The predicted octanol–water partition coefficient (Wildman–Crippen LogP) is 4.04. The van der Waals surface area contributed by atoms with Gasteiger partial charge in [0.05, 0.1) is 5.52 Å². The Kier molecular flexibility index (Phi) is 4.59. The molecule has 3 aromatic rings. The number of piperidine rings is 1. The Morgan fingerprint density at radius 2 is 2.12 bits per heavy atom. The number of pyridine rings is 1. The molecule has 1 aliphatic rings. The Hall–Kier alpha value is -2.11. The molecule has 1 aromatic carbocycles. The first-order valence-electron chi connectivity index (χ1n) is 9.00. The number of rotatable bonds is 3. The maximum absolute atomic E-state index is 6.45. The van der Waals surface area contributed by atoms with E-state index in [0.717, 1.165) is 65.4 Å². The van der Waals surface area contributed by atoms with Crippen molar-refractivity contribution in [1.82, 2.24) is 19.9 Å². The zero-order valence-corrected chi connectivity index (χ0v) is 16.1. The fourth-order valence-corrected chi connectivity index (χ4v) is 3.91. The summed E-state index contributed by atoms with van der Waals surface area (Å²) in [5.74, 6) is 1.83. The molecule has 0 aliphatic carbocycles. The van der Waals surface area contributed by atoms with Crippen LogP contribution in [0.5, 0.6) is 5.75 Å². The second kappa shape index (κ2) is 6.89. The molecule has 0 spiro atoms. The van der Waals surface area contributed by atoms with Crippen LogP contribution in [-0.4, -0.2) is 33.7 Å². The van der Waals surface area contributed by atoms with E-state index in [0.29, 0.717) is 5.02 Å². The summed E-state index contributed by atoms with van der Waals surface area (Å²) in [6.45, 7) is 5.97. The second-order valence-corrected chi connectivity index (χ2v) is 7.37. The number of hydrogen-bond acceptors (Lipinski definition) is 4. The summed E-state index contributed by atoms with van der Waals surface area (Å²) < 4.78 is 8.52. The number of imidazole rings is 1. The van der Waals surface area contributed by atoms with Gasteiger partial charge in [-0.2, -0.15) is 0 Å². The highest BCUT2D eigenvalue weighted by atomic mass is 35.5. The van der Waals surface area contributed by atoms with Gasteiger partial charge in [0.25, 0.3) is 0 Å². The average molecular weight is 371 g/mol. The minimum atomic E-state index is 0.174. The Balaban J connectivity index is 1.88. The van der Waals surface area contributed by atoms with Gasteiger partial charge in [-0.1, -0.05) is 11.6 Å². The van der Waals surface area contributed by atoms with Crippen LogP contribution in [0.2, 0.25) is 5.02 Å². The number of aryl methyl sites for hydroxylation is 3. The molecule has 1 fully saturated rings. The molecular formula is C20H23ClN4O. The Bertz CT molecular complexity index is 960. The molecule has 0 saturated carbocycles. The predicted molar refractivity (Wildman–Crippen MR) is 105 cm³/mol. The van der Waals surface area contributed by atoms with E-state index in [1.54, 1.807) is 6.20 Å². The van der Waals surface area contributed by atoms with Gasteiger partial charge >= 0.3 is 0 Å². The van der Waals surface area contributed by atoms with Crippen molar-refractivity contribution in [3.05, 3.63) is 40.8 Å². The lowest BCUT2D eigenvalue weighted by molar-refractivity contribution is 0.167. The third-order valence-corrected chi connectivity index (χ3v) is 5.28. The van der Waals surface area contributed by atoms with Crippen molar-refractivity contribution < 1.29 is 4.74 Å². The molecule has 6 heteroatoms. The molecule has 136 valence electrons. The number of aromatic nitrogens is 3. The van der Waals surface area contributed by atoms with Crippen LogP contribution in [0.3, 0.4) is 0 Å². The van der Waals surface area contributed by atoms with Gasteiger partial charge in [-0.15, -0.1) is 0 Å². The summed E-state index contributed by atoms with van der Waals surface area (Å²) in [5, 5.41) is 4.12. The van der Waals surface area contributed by atoms with Crippen LogP contribution >= 0.6 is 11.6 Å². The quantitative estimate of drug-likeness (QED) is 0.756. The molecular weight excluding hydrogens is 348 g/mol. The van der Waals surface area contributed by atoms with E-state index >= 15 is 0 Å². The molecule has 2 aromatic heterocycles. The highest BCUT2D eigenvalue weighted by Gasteiger charge is 2.21. The topological polar surface area (TPSA) is 52.0 Å². The van der Waals surface area contributed by atoms with Crippen molar-refractivity contribution in [2.24, 2.45) is 7.05 Å². The minimum Gasteiger partial charge on any atom is -0.488 e. The molecule has 1 aliphatic heterocycles. The van der Waals surface area contributed by atoms with Crippen LogP contribution in [0, 0.1) is 13.8 Å². The average Bonchev–Trinajstić information content (AvgIpc) is 2.92. The van der Waals surface area contributed by atoms with Gasteiger partial charge < -0.3 is 14.6 Å². The van der Waals surface area contributed by atoms with E-state index in [1.165, 1.54) is 0 Å². The molecule has 3 heterocycles. The maximum Gasteiger partial charge on any atom is 0.178 e. The van der Waals surface area contributed by atoms with Crippen LogP contribution in [0.15, 0.2) is 24.4 Å². The van der Waals surface area contributed by atoms with Crippen molar-refractivity contribution in [3.63, 3.8) is 0 Å². The summed E-state index contributed by atoms with van der Waals surface area (Å²) in [4.78, 5) is 8.98. The zero-order valence-electron chi connectivity index (χ0n) is 15.3. The van der Waals surface area contributed by atoms with Crippen molar-refractivity contribution in [2.45, 2.75) is 32.8 Å². The molecule has 1 atom stereocenters. The summed E-state index contributed by atoms with van der Waals surface area (Å²) in [7, 11) is 2.01. The molecule has 26 heavy (non-hydrogen) atoms. The van der Waals surface area contributed by atoms with E-state index < -0.39 is 0 Å². The standard InChI is InChI=1S/C20H23ClN4O/c1-12-9-14(21)10-17(19(12)26-15-5-4-7-22-11-15)16-6-8-23-20-18(16)25(3)13(2)24-20/h6,8-10,15,22H,4-5,7,11H2,1-3H3/t15-/m0/s1. The van der Waals surface area contributed by atoms with Gasteiger partial charge in [0.2, 0.25) is 0 Å². The van der Waals surface area contributed by atoms with Crippen LogP contribution in [0.4, 0.5) is 0 Å². The zero-order chi connectivity index (χ0) is 18.3. The largest absolute Gasteiger partial charge is 0.488 e. The van der Waals surface area contributed by atoms with E-state index in [1.807, 2.05) is 39.1 Å². The van der Waals surface area contributed by atoms with Crippen LogP contribution in [0.25, 0.3) is 22.3 Å². The third kappa shape index (κ3) is 3.06. The number of hydrogen-bond donors (Lipinski definition) is 1. The smallest absolute Gasteiger partial charge is 0.178 e. The van der Waals surface area contributed by atoms with Crippen molar-refractivity contribution >= 4 is 22.8 Å². The summed E-state index contributed by atoms with van der Waals surface area (Å²) in [6, 6.07) is 5.96. The van der Waals surface area contributed by atoms with Gasteiger partial charge in [-0.05, 0) is 57.0 Å². The van der Waals surface area contributed by atoms with E-state index in [9.17, 15) is 0 Å². The number of nitrogens with zero attached hydrogens (tertiary/aromatic N) is 3. The minimum absolute atomic E-state index is 0.174. The molecule has 5 nitrogen and oxygen atoms in total. The van der Waals surface area contributed by atoms with E-state index in [4.69, 9.17) is 16.3 Å². The van der Waals surface area contributed by atoms with Crippen molar-refractivity contribution in [3.8, 4) is 16.9 Å². The fraction of sp³-hybridized carbons (Fsp3) is 0.400. The third-order valence-electron chi connectivity index (χ3n) is 5.06. The highest BCUT2D eigenvalue weighted by molar-refractivity contribution is 6.31.